The van der Waals surface area contributed by atoms with Gasteiger partial charge in [-0.3, -0.25) is 12.9 Å². The average molecular weight is 188 g/mol. The molecule has 0 fully saturated rings. The molecule has 3 nitrogen and oxygen atoms in total. The molecule has 10 heteroatoms. The summed E-state index contributed by atoms with van der Waals surface area (Å²) >= 11 is 0. The third-order valence-corrected chi connectivity index (χ3v) is 0.671. The summed E-state index contributed by atoms with van der Waals surface area (Å²) < 4.78 is 38.4. The number of halogens is 3. The van der Waals surface area contributed by atoms with Crippen molar-refractivity contribution in [2.24, 2.45) is 0 Å². The van der Waals surface area contributed by atoms with Gasteiger partial charge in [0.15, 0.2) is 0 Å². The van der Waals surface area contributed by atoms with E-state index in [1.54, 1.807) is 0 Å². The van der Waals surface area contributed by atoms with E-state index in [-0.39, 0.29) is 37.7 Å². The van der Waals surface area contributed by atoms with E-state index < -0.39 is 15.1 Å². The van der Waals surface area contributed by atoms with Crippen molar-refractivity contribution in [3.05, 3.63) is 12.4 Å². The molecule has 0 rings (SSSR count). The first kappa shape index (κ1) is 23.1. The van der Waals surface area contributed by atoms with E-state index >= 15 is 0 Å². The van der Waals surface area contributed by atoms with Crippen molar-refractivity contribution in [2.75, 3.05) is 0 Å². The summed E-state index contributed by atoms with van der Waals surface area (Å²) in [5.74, 6) is 0.382. The van der Waals surface area contributed by atoms with Gasteiger partial charge in [-0.2, -0.15) is 0 Å². The molecular formula is C2H3BF3Li2O3P. The Labute approximate surface area is 92.5 Å². The summed E-state index contributed by atoms with van der Waals surface area (Å²) in [5.41, 5.74) is 0. The average Bonchev–Trinajstić information content (AvgIpc) is 1.63. The molecule has 0 aliphatic carbocycles. The van der Waals surface area contributed by atoms with Gasteiger partial charge in [-0.1, -0.05) is 12.4 Å². The fourth-order valence-corrected chi connectivity index (χ4v) is 0. The van der Waals surface area contributed by atoms with E-state index in [1.807, 2.05) is 0 Å². The molecule has 0 N–H and O–H groups in total. The largest absolute Gasteiger partial charge is 1.00 e. The molecule has 0 heterocycles. The third-order valence-electron chi connectivity index (χ3n) is 0.224. The summed E-state index contributed by atoms with van der Waals surface area (Å²) in [6, 6.07) is 0. The Hall–Kier alpha value is 0.940. The van der Waals surface area contributed by atoms with Gasteiger partial charge in [0, 0.05) is 0 Å². The van der Waals surface area contributed by atoms with Crippen LogP contribution in [0.25, 0.3) is 0 Å². The topological polar surface area (TPSA) is 63.2 Å². The fraction of sp³-hybridized carbons (Fsp3) is 0. The van der Waals surface area contributed by atoms with Crippen LogP contribution in [0.3, 0.4) is 0 Å². The van der Waals surface area contributed by atoms with E-state index in [1.165, 1.54) is 0 Å². The molecule has 0 unspecified atom stereocenters. The van der Waals surface area contributed by atoms with Crippen LogP contribution in [0.2, 0.25) is 0 Å². The molecule has 0 aromatic heterocycles. The van der Waals surface area contributed by atoms with Crippen molar-refractivity contribution in [3.63, 3.8) is 0 Å². The van der Waals surface area contributed by atoms with Crippen LogP contribution in [0.15, 0.2) is 12.4 Å². The van der Waals surface area contributed by atoms with Crippen LogP contribution < -0.4 is 47.5 Å². The van der Waals surface area contributed by atoms with Crippen LogP contribution in [-0.4, -0.2) is 7.54 Å². The second-order valence-corrected chi connectivity index (χ2v) is 2.41. The van der Waals surface area contributed by atoms with Crippen LogP contribution in [0.4, 0.5) is 12.9 Å². The Morgan fingerprint density at radius 3 is 1.33 bits per heavy atom. The Kier molecular flexibility index (Phi) is 23.0. The van der Waals surface area contributed by atoms with Gasteiger partial charge in [-0.15, -0.1) is 0 Å². The van der Waals surface area contributed by atoms with Crippen LogP contribution in [0, 0.1) is 0 Å². The smallest absolute Gasteiger partial charge is 0.808 e. The number of hydrogen-bond donors (Lipinski definition) is 0. The molecule has 0 aromatic rings. The summed E-state index contributed by atoms with van der Waals surface area (Å²) in [6.07, 6.45) is 0. The molecular weight excluding hydrogens is 185 g/mol. The predicted octanol–water partition coefficient (Wildman–Crippen LogP) is -6.07. The first-order valence-electron chi connectivity index (χ1n) is 1.87. The Morgan fingerprint density at radius 2 is 1.33 bits per heavy atom. The fourth-order valence-electron chi connectivity index (χ4n) is 0. The van der Waals surface area contributed by atoms with Gasteiger partial charge >= 0.3 is 45.3 Å². The van der Waals surface area contributed by atoms with Gasteiger partial charge < -0.3 is 14.4 Å². The van der Waals surface area contributed by atoms with E-state index in [9.17, 15) is 27.3 Å². The van der Waals surface area contributed by atoms with Gasteiger partial charge in [0.05, 0.1) is 0 Å². The first-order chi connectivity index (χ1) is 4.29. The normalized spacial score (nSPS) is 7.75. The third kappa shape index (κ3) is 69.6. The Balaban J connectivity index is -0.0000000483. The molecule has 0 spiro atoms. The summed E-state index contributed by atoms with van der Waals surface area (Å²) in [6.45, 7) is 2.74. The van der Waals surface area contributed by atoms with Crippen LogP contribution in [0.5, 0.6) is 0 Å². The van der Waals surface area contributed by atoms with Crippen molar-refractivity contribution in [1.29, 1.82) is 0 Å². The Bertz CT molecular complexity index is 139. The molecule has 0 bridgehead atoms. The zero-order chi connectivity index (χ0) is 8.78. The summed E-state index contributed by atoms with van der Waals surface area (Å²) in [7, 11) is -8.05. The van der Waals surface area contributed by atoms with Crippen molar-refractivity contribution < 1.29 is 65.0 Å². The van der Waals surface area contributed by atoms with Crippen molar-refractivity contribution in [1.82, 2.24) is 0 Å². The number of hydrogen-bond acceptors (Lipinski definition) is 3. The van der Waals surface area contributed by atoms with Gasteiger partial charge in [0.1, 0.15) is 0 Å². The molecule has 0 saturated heterocycles. The minimum atomic E-state index is -4.38. The molecule has 0 amide bonds. The van der Waals surface area contributed by atoms with Crippen molar-refractivity contribution >= 4 is 15.1 Å². The second kappa shape index (κ2) is 11.9. The molecule has 0 aliphatic rings. The molecule has 60 valence electrons. The van der Waals surface area contributed by atoms with E-state index in [0.29, 0.717) is 5.82 Å². The second-order valence-electron chi connectivity index (χ2n) is 0.970. The maximum atomic E-state index is 9.67. The van der Waals surface area contributed by atoms with Gasteiger partial charge in [-0.25, -0.2) is 0 Å². The molecule has 0 saturated carbocycles. The number of rotatable bonds is 1. The minimum absolute atomic E-state index is 0. The van der Waals surface area contributed by atoms with Gasteiger partial charge in [0.25, 0.3) is 0 Å². The zero-order valence-corrected chi connectivity index (χ0v) is 7.56. The Morgan fingerprint density at radius 1 is 1.25 bits per heavy atom. The molecule has 0 radical (unpaired) electrons. The quantitative estimate of drug-likeness (QED) is 0.303. The van der Waals surface area contributed by atoms with Gasteiger partial charge in [0.2, 0.25) is 0 Å². The molecule has 0 atom stereocenters. The predicted molar refractivity (Wildman–Crippen MR) is 26.9 cm³/mol. The standard InChI is InChI=1S/C2H5O3P.BF3.2Li/c1-2-6(3,4)5;2-1(3)4;;/h2H,1H2,(H2,3,4,5);;;/q;;2*+1/p-2. The van der Waals surface area contributed by atoms with Crippen LogP contribution >= 0.6 is 7.60 Å². The monoisotopic (exact) mass is 188 g/mol. The summed E-state index contributed by atoms with van der Waals surface area (Å²) in [4.78, 5) is 18.7. The maximum absolute atomic E-state index is 9.67. The minimum Gasteiger partial charge on any atom is -0.808 e. The zero-order valence-electron chi connectivity index (χ0n) is 6.67. The maximum Gasteiger partial charge on any atom is 1.00 e. The van der Waals surface area contributed by atoms with E-state index in [4.69, 9.17) is 0 Å². The first-order valence-corrected chi connectivity index (χ1v) is 3.48. The van der Waals surface area contributed by atoms with E-state index in [2.05, 4.69) is 6.58 Å². The molecule has 12 heavy (non-hydrogen) atoms. The van der Waals surface area contributed by atoms with Crippen LogP contribution in [0.1, 0.15) is 0 Å². The molecule has 0 aromatic carbocycles. The summed E-state index contributed by atoms with van der Waals surface area (Å²) in [5, 5.41) is 0. The van der Waals surface area contributed by atoms with Crippen LogP contribution in [-0.2, 0) is 4.57 Å². The van der Waals surface area contributed by atoms with Gasteiger partial charge in [-0.05, 0) is 7.60 Å². The van der Waals surface area contributed by atoms with Crippen molar-refractivity contribution in [3.8, 4) is 0 Å². The van der Waals surface area contributed by atoms with Crippen molar-refractivity contribution in [2.45, 2.75) is 0 Å². The van der Waals surface area contributed by atoms with E-state index in [0.717, 1.165) is 0 Å². The SMILES string of the molecule is C=CP(=O)([O-])[O-].FB(F)F.[Li+].[Li+]. The molecule has 0 aliphatic heterocycles.